The number of carbonyl (C=O) groups excluding carboxylic acids is 1. The van der Waals surface area contributed by atoms with E-state index in [1.54, 1.807) is 36.5 Å². The second kappa shape index (κ2) is 10.8. The summed E-state index contributed by atoms with van der Waals surface area (Å²) < 4.78 is 5.48. The van der Waals surface area contributed by atoms with Crippen LogP contribution in [0, 0.1) is 11.3 Å². The fourth-order valence-electron chi connectivity index (χ4n) is 3.29. The molecule has 0 unspecified atom stereocenters. The average molecular weight is 486 g/mol. The molecule has 0 saturated carbocycles. The van der Waals surface area contributed by atoms with Gasteiger partial charge in [-0.25, -0.2) is 4.98 Å². The third-order valence-corrected chi connectivity index (χ3v) is 6.06. The maximum atomic E-state index is 13.0. The summed E-state index contributed by atoms with van der Waals surface area (Å²) in [5.41, 5.74) is 3.59. The molecule has 0 amide bonds. The molecule has 0 aliphatic rings. The molecule has 34 heavy (non-hydrogen) atoms. The van der Waals surface area contributed by atoms with Gasteiger partial charge in [-0.05, 0) is 49.4 Å². The van der Waals surface area contributed by atoms with Crippen LogP contribution in [0.5, 0.6) is 5.75 Å². The number of nitriles is 1. The highest BCUT2D eigenvalue weighted by Crippen LogP contribution is 2.28. The van der Waals surface area contributed by atoms with Gasteiger partial charge in [0.05, 0.1) is 12.3 Å². The minimum Gasteiger partial charge on any atom is -0.494 e. The predicted octanol–water partition coefficient (Wildman–Crippen LogP) is 7.07. The van der Waals surface area contributed by atoms with Gasteiger partial charge in [0.25, 0.3) is 0 Å². The standard InChI is InChI=1S/C27H20ClN3O2S/c1-2-33-22-11-8-18(9-12-22)25-17-34-27(31-25)20(15-29)16-30-24-13-10-21(28)14-23(24)26(32)19-6-4-3-5-7-19/h3-14,16-17,30H,2H2,1H3. The smallest absolute Gasteiger partial charge is 0.195 e. The molecule has 0 spiro atoms. The van der Waals surface area contributed by atoms with Crippen LogP contribution >= 0.6 is 22.9 Å². The fourth-order valence-corrected chi connectivity index (χ4v) is 4.25. The Morgan fingerprint density at radius 3 is 2.62 bits per heavy atom. The Balaban J connectivity index is 1.58. The number of thiazole rings is 1. The van der Waals surface area contributed by atoms with Crippen molar-refractivity contribution in [3.05, 3.63) is 106 Å². The molecule has 0 radical (unpaired) electrons. The van der Waals surface area contributed by atoms with Gasteiger partial charge >= 0.3 is 0 Å². The first-order valence-electron chi connectivity index (χ1n) is 10.5. The Labute approximate surface area is 206 Å². The number of benzene rings is 3. The zero-order chi connectivity index (χ0) is 23.9. The molecular formula is C27H20ClN3O2S. The lowest BCUT2D eigenvalue weighted by atomic mass is 10.0. The molecule has 1 aromatic heterocycles. The first-order valence-corrected chi connectivity index (χ1v) is 11.8. The first kappa shape index (κ1) is 23.2. The van der Waals surface area contributed by atoms with Crippen LogP contribution in [-0.4, -0.2) is 17.4 Å². The van der Waals surface area contributed by atoms with Gasteiger partial charge in [0.1, 0.15) is 22.4 Å². The molecule has 168 valence electrons. The van der Waals surface area contributed by atoms with Gasteiger partial charge in [-0.2, -0.15) is 5.26 Å². The summed E-state index contributed by atoms with van der Waals surface area (Å²) in [6.45, 7) is 2.55. The third-order valence-electron chi connectivity index (χ3n) is 4.95. The lowest BCUT2D eigenvalue weighted by Gasteiger charge is -2.10. The molecule has 4 rings (SSSR count). The maximum absolute atomic E-state index is 13.0. The Morgan fingerprint density at radius 2 is 1.91 bits per heavy atom. The van der Waals surface area contributed by atoms with E-state index in [4.69, 9.17) is 16.3 Å². The number of hydrogen-bond donors (Lipinski definition) is 1. The zero-order valence-corrected chi connectivity index (χ0v) is 19.9. The van der Waals surface area contributed by atoms with Crippen LogP contribution in [0.4, 0.5) is 5.69 Å². The Kier molecular flexibility index (Phi) is 7.38. The summed E-state index contributed by atoms with van der Waals surface area (Å²) in [5, 5.41) is 15.8. The number of hydrogen-bond acceptors (Lipinski definition) is 6. The number of rotatable bonds is 8. The minimum absolute atomic E-state index is 0.162. The highest BCUT2D eigenvalue weighted by atomic mass is 35.5. The van der Waals surface area contributed by atoms with E-state index in [0.717, 1.165) is 17.0 Å². The van der Waals surface area contributed by atoms with E-state index in [1.165, 1.54) is 11.3 Å². The maximum Gasteiger partial charge on any atom is 0.195 e. The minimum atomic E-state index is -0.162. The van der Waals surface area contributed by atoms with Gasteiger partial charge in [0.15, 0.2) is 5.78 Å². The number of nitrogens with one attached hydrogen (secondary N) is 1. The number of ketones is 1. The average Bonchev–Trinajstić information content (AvgIpc) is 3.36. The first-order chi connectivity index (χ1) is 16.6. The molecule has 0 saturated heterocycles. The summed E-state index contributed by atoms with van der Waals surface area (Å²) in [4.78, 5) is 17.6. The molecule has 1 heterocycles. The Hall–Kier alpha value is -3.92. The van der Waals surface area contributed by atoms with Crippen molar-refractivity contribution >= 4 is 40.0 Å². The summed E-state index contributed by atoms with van der Waals surface area (Å²) in [7, 11) is 0. The highest BCUT2D eigenvalue weighted by Gasteiger charge is 2.15. The highest BCUT2D eigenvalue weighted by molar-refractivity contribution is 7.11. The van der Waals surface area contributed by atoms with Crippen molar-refractivity contribution in [2.45, 2.75) is 6.92 Å². The Bertz CT molecular complexity index is 1370. The van der Waals surface area contributed by atoms with Gasteiger partial charge in [0, 0.05) is 39.0 Å². The van der Waals surface area contributed by atoms with E-state index in [1.807, 2.05) is 54.8 Å². The van der Waals surface area contributed by atoms with Gasteiger partial charge < -0.3 is 10.1 Å². The molecule has 0 atom stereocenters. The second-order valence-corrected chi connectivity index (χ2v) is 8.49. The number of halogens is 1. The van der Waals surface area contributed by atoms with Crippen molar-refractivity contribution < 1.29 is 9.53 Å². The topological polar surface area (TPSA) is 75.0 Å². The van der Waals surface area contributed by atoms with Gasteiger partial charge in [-0.15, -0.1) is 11.3 Å². The van der Waals surface area contributed by atoms with Gasteiger partial charge in [-0.3, -0.25) is 4.79 Å². The molecule has 0 bridgehead atoms. The monoisotopic (exact) mass is 485 g/mol. The molecule has 0 fully saturated rings. The molecule has 3 aromatic carbocycles. The van der Waals surface area contributed by atoms with E-state index in [0.29, 0.717) is 39.0 Å². The van der Waals surface area contributed by atoms with Crippen LogP contribution in [0.15, 0.2) is 84.4 Å². The van der Waals surface area contributed by atoms with E-state index >= 15 is 0 Å². The second-order valence-electron chi connectivity index (χ2n) is 7.19. The molecular weight excluding hydrogens is 466 g/mol. The summed E-state index contributed by atoms with van der Waals surface area (Å²) in [6.07, 6.45) is 1.56. The quantitative estimate of drug-likeness (QED) is 0.213. The van der Waals surface area contributed by atoms with Crippen LogP contribution in [-0.2, 0) is 0 Å². The van der Waals surface area contributed by atoms with Crippen molar-refractivity contribution in [1.29, 1.82) is 5.26 Å². The number of anilines is 1. The van der Waals surface area contributed by atoms with Crippen LogP contribution in [0.2, 0.25) is 5.02 Å². The molecule has 4 aromatic rings. The number of aromatic nitrogens is 1. The molecule has 0 aliphatic carbocycles. The number of allylic oxidation sites excluding steroid dienone is 1. The van der Waals surface area contributed by atoms with Crippen LogP contribution in [0.3, 0.4) is 0 Å². The molecule has 0 aliphatic heterocycles. The van der Waals surface area contributed by atoms with Gasteiger partial charge in [0.2, 0.25) is 0 Å². The van der Waals surface area contributed by atoms with Crippen molar-refractivity contribution in [2.24, 2.45) is 0 Å². The van der Waals surface area contributed by atoms with E-state index in [9.17, 15) is 10.1 Å². The SMILES string of the molecule is CCOc1ccc(-c2csc(C(C#N)=CNc3ccc(Cl)cc3C(=O)c3ccccc3)n2)cc1. The number of carbonyl (C=O) groups is 1. The summed E-state index contributed by atoms with van der Waals surface area (Å²) in [5.74, 6) is 0.636. The van der Waals surface area contributed by atoms with Crippen LogP contribution < -0.4 is 10.1 Å². The van der Waals surface area contributed by atoms with Crippen molar-refractivity contribution in [3.8, 4) is 23.1 Å². The van der Waals surface area contributed by atoms with Gasteiger partial charge in [-0.1, -0.05) is 41.9 Å². The van der Waals surface area contributed by atoms with E-state index in [-0.39, 0.29) is 5.78 Å². The van der Waals surface area contributed by atoms with Crippen LogP contribution in [0.1, 0.15) is 27.9 Å². The Morgan fingerprint density at radius 1 is 1.15 bits per heavy atom. The third kappa shape index (κ3) is 5.34. The summed E-state index contributed by atoms with van der Waals surface area (Å²) >= 11 is 7.53. The van der Waals surface area contributed by atoms with Crippen molar-refractivity contribution in [3.63, 3.8) is 0 Å². The number of ether oxygens (including phenoxy) is 1. The fraction of sp³-hybridized carbons (Fsp3) is 0.0741. The molecule has 7 heteroatoms. The zero-order valence-electron chi connectivity index (χ0n) is 18.3. The lowest BCUT2D eigenvalue weighted by molar-refractivity contribution is 0.103. The van der Waals surface area contributed by atoms with E-state index < -0.39 is 0 Å². The number of nitrogens with zero attached hydrogens (tertiary/aromatic N) is 2. The predicted molar refractivity (Wildman–Crippen MR) is 137 cm³/mol. The lowest BCUT2D eigenvalue weighted by Crippen LogP contribution is -2.05. The summed E-state index contributed by atoms with van der Waals surface area (Å²) in [6, 6.07) is 23.9. The van der Waals surface area contributed by atoms with Crippen LogP contribution in [0.25, 0.3) is 16.8 Å². The molecule has 5 nitrogen and oxygen atoms in total. The normalized spacial score (nSPS) is 11.0. The van der Waals surface area contributed by atoms with Crippen molar-refractivity contribution in [1.82, 2.24) is 4.98 Å². The van der Waals surface area contributed by atoms with Crippen molar-refractivity contribution in [2.75, 3.05) is 11.9 Å². The van der Waals surface area contributed by atoms with E-state index in [2.05, 4.69) is 16.4 Å². The molecule has 1 N–H and O–H groups in total. The largest absolute Gasteiger partial charge is 0.494 e.